The zero-order valence-electron chi connectivity index (χ0n) is 10.5. The first-order chi connectivity index (χ1) is 9.27. The third kappa shape index (κ3) is 2.62. The lowest BCUT2D eigenvalue weighted by atomic mass is 10.1. The standard InChI is InChI=1S/C14H16ClNO2S/c15-11-5-2-1-4-10(11)14-16(7-9-19-14)13(17)12-6-3-8-18-12/h1-2,4-5,12,14H,3,6-9H2. The molecule has 2 atom stereocenters. The molecule has 0 radical (unpaired) electrons. The zero-order chi connectivity index (χ0) is 13.2. The van der Waals surface area contributed by atoms with Crippen LogP contribution in [0.15, 0.2) is 24.3 Å². The molecule has 3 nitrogen and oxygen atoms in total. The van der Waals surface area contributed by atoms with E-state index in [4.69, 9.17) is 16.3 Å². The summed E-state index contributed by atoms with van der Waals surface area (Å²) in [5.41, 5.74) is 1.03. The highest BCUT2D eigenvalue weighted by atomic mass is 35.5. The minimum atomic E-state index is -0.247. The van der Waals surface area contributed by atoms with Crippen molar-refractivity contribution >= 4 is 29.3 Å². The van der Waals surface area contributed by atoms with Crippen molar-refractivity contribution in [3.63, 3.8) is 0 Å². The molecule has 0 aliphatic carbocycles. The second kappa shape index (κ2) is 5.73. The summed E-state index contributed by atoms with van der Waals surface area (Å²) in [5, 5.41) is 0.762. The average molecular weight is 298 g/mol. The van der Waals surface area contributed by atoms with Crippen LogP contribution in [0.1, 0.15) is 23.8 Å². The highest BCUT2D eigenvalue weighted by molar-refractivity contribution is 7.99. The molecule has 2 heterocycles. The van der Waals surface area contributed by atoms with Gasteiger partial charge in [-0.1, -0.05) is 29.8 Å². The summed E-state index contributed by atoms with van der Waals surface area (Å²) >= 11 is 8.02. The maximum Gasteiger partial charge on any atom is 0.252 e. The van der Waals surface area contributed by atoms with Crippen LogP contribution in [0.25, 0.3) is 0 Å². The number of thioether (sulfide) groups is 1. The molecule has 1 amide bonds. The third-order valence-corrected chi connectivity index (χ3v) is 5.14. The molecule has 0 aromatic heterocycles. The maximum absolute atomic E-state index is 12.5. The van der Waals surface area contributed by atoms with Crippen LogP contribution in [-0.2, 0) is 9.53 Å². The third-order valence-electron chi connectivity index (χ3n) is 3.55. The molecular formula is C14H16ClNO2S. The van der Waals surface area contributed by atoms with Gasteiger partial charge in [0.15, 0.2) is 0 Å². The Morgan fingerprint density at radius 1 is 1.42 bits per heavy atom. The number of amides is 1. The lowest BCUT2D eigenvalue weighted by Crippen LogP contribution is -2.38. The normalized spacial score (nSPS) is 26.9. The Balaban J connectivity index is 1.81. The Morgan fingerprint density at radius 2 is 2.26 bits per heavy atom. The Hall–Kier alpha value is -0.710. The molecule has 1 aromatic carbocycles. The molecule has 19 heavy (non-hydrogen) atoms. The molecule has 5 heteroatoms. The number of rotatable bonds is 2. The molecule has 0 bridgehead atoms. The van der Waals surface area contributed by atoms with Gasteiger partial charge in [-0.05, 0) is 18.9 Å². The quantitative estimate of drug-likeness (QED) is 0.840. The second-order valence-corrected chi connectivity index (χ2v) is 6.37. The van der Waals surface area contributed by atoms with Crippen LogP contribution in [0, 0.1) is 0 Å². The lowest BCUT2D eigenvalue weighted by Gasteiger charge is -2.27. The lowest BCUT2D eigenvalue weighted by molar-refractivity contribution is -0.141. The Kier molecular flexibility index (Phi) is 4.01. The van der Waals surface area contributed by atoms with E-state index in [9.17, 15) is 4.79 Å². The second-order valence-electron chi connectivity index (χ2n) is 4.78. The minimum absolute atomic E-state index is 0.0328. The number of carbonyl (C=O) groups is 1. The van der Waals surface area contributed by atoms with Gasteiger partial charge in [-0.15, -0.1) is 11.8 Å². The van der Waals surface area contributed by atoms with E-state index in [-0.39, 0.29) is 17.4 Å². The summed E-state index contributed by atoms with van der Waals surface area (Å²) in [6.07, 6.45) is 1.58. The summed E-state index contributed by atoms with van der Waals surface area (Å²) in [6.45, 7) is 1.48. The van der Waals surface area contributed by atoms with Crippen molar-refractivity contribution in [2.45, 2.75) is 24.3 Å². The fraction of sp³-hybridized carbons (Fsp3) is 0.500. The van der Waals surface area contributed by atoms with Gasteiger partial charge >= 0.3 is 0 Å². The molecule has 2 saturated heterocycles. The van der Waals surface area contributed by atoms with E-state index in [1.54, 1.807) is 11.8 Å². The predicted molar refractivity (Wildman–Crippen MR) is 77.3 cm³/mol. The van der Waals surface area contributed by atoms with Crippen molar-refractivity contribution in [2.75, 3.05) is 18.9 Å². The molecule has 102 valence electrons. The molecule has 0 saturated carbocycles. The monoisotopic (exact) mass is 297 g/mol. The fourth-order valence-corrected chi connectivity index (χ4v) is 4.19. The van der Waals surface area contributed by atoms with Crippen molar-refractivity contribution in [3.05, 3.63) is 34.9 Å². The Bertz CT molecular complexity index is 476. The first-order valence-corrected chi connectivity index (χ1v) is 7.98. The van der Waals surface area contributed by atoms with Crippen LogP contribution in [0.2, 0.25) is 5.02 Å². The molecule has 0 spiro atoms. The zero-order valence-corrected chi connectivity index (χ0v) is 12.1. The van der Waals surface area contributed by atoms with Crippen molar-refractivity contribution in [1.82, 2.24) is 4.90 Å². The first kappa shape index (κ1) is 13.3. The molecule has 1 aromatic rings. The fourth-order valence-electron chi connectivity index (χ4n) is 2.59. The summed E-state index contributed by atoms with van der Waals surface area (Å²) < 4.78 is 5.51. The number of carbonyl (C=O) groups excluding carboxylic acids is 1. The highest BCUT2D eigenvalue weighted by Crippen LogP contribution is 2.41. The number of hydrogen-bond acceptors (Lipinski definition) is 3. The average Bonchev–Trinajstić information content (AvgIpc) is 3.10. The van der Waals surface area contributed by atoms with E-state index in [1.807, 2.05) is 29.2 Å². The Morgan fingerprint density at radius 3 is 3.00 bits per heavy atom. The van der Waals surface area contributed by atoms with Crippen LogP contribution in [0.4, 0.5) is 0 Å². The largest absolute Gasteiger partial charge is 0.368 e. The SMILES string of the molecule is O=C(C1CCCO1)N1CCSC1c1ccccc1Cl. The Labute approximate surface area is 122 Å². The topological polar surface area (TPSA) is 29.5 Å². The van der Waals surface area contributed by atoms with Gasteiger partial charge in [-0.25, -0.2) is 0 Å². The molecular weight excluding hydrogens is 282 g/mol. The number of benzene rings is 1. The van der Waals surface area contributed by atoms with E-state index in [0.29, 0.717) is 6.61 Å². The van der Waals surface area contributed by atoms with Crippen molar-refractivity contribution in [2.24, 2.45) is 0 Å². The first-order valence-electron chi connectivity index (χ1n) is 6.55. The van der Waals surface area contributed by atoms with Crippen LogP contribution in [-0.4, -0.2) is 35.8 Å². The smallest absolute Gasteiger partial charge is 0.252 e. The van der Waals surface area contributed by atoms with Gasteiger partial charge < -0.3 is 9.64 Å². The van der Waals surface area contributed by atoms with Gasteiger partial charge in [-0.2, -0.15) is 0 Å². The summed E-state index contributed by atoms with van der Waals surface area (Å²) in [7, 11) is 0. The van der Waals surface area contributed by atoms with Crippen molar-refractivity contribution < 1.29 is 9.53 Å². The van der Waals surface area contributed by atoms with Gasteiger partial charge in [0.05, 0.1) is 0 Å². The van der Waals surface area contributed by atoms with Gasteiger partial charge in [0.1, 0.15) is 11.5 Å². The van der Waals surface area contributed by atoms with Gasteiger partial charge in [-0.3, -0.25) is 4.79 Å². The van der Waals surface area contributed by atoms with Gasteiger partial charge in [0.2, 0.25) is 0 Å². The molecule has 3 rings (SSSR count). The molecule has 0 N–H and O–H groups in total. The summed E-state index contributed by atoms with van der Waals surface area (Å²) in [5.74, 6) is 1.07. The van der Waals surface area contributed by atoms with Gasteiger partial charge in [0.25, 0.3) is 5.91 Å². The van der Waals surface area contributed by atoms with Gasteiger partial charge in [0, 0.05) is 29.5 Å². The van der Waals surface area contributed by atoms with E-state index in [1.165, 1.54) is 0 Å². The predicted octanol–water partition coefficient (Wildman–Crippen LogP) is 3.09. The number of hydrogen-bond donors (Lipinski definition) is 0. The molecule has 2 aliphatic heterocycles. The minimum Gasteiger partial charge on any atom is -0.368 e. The summed E-state index contributed by atoms with van der Waals surface area (Å²) in [6, 6.07) is 7.76. The maximum atomic E-state index is 12.5. The number of ether oxygens (including phenoxy) is 1. The van der Waals surface area contributed by atoms with E-state index < -0.39 is 0 Å². The van der Waals surface area contributed by atoms with Crippen LogP contribution in [0.5, 0.6) is 0 Å². The van der Waals surface area contributed by atoms with E-state index >= 15 is 0 Å². The van der Waals surface area contributed by atoms with Crippen molar-refractivity contribution in [1.29, 1.82) is 0 Å². The molecule has 2 fully saturated rings. The van der Waals surface area contributed by atoms with Crippen LogP contribution in [0.3, 0.4) is 0 Å². The van der Waals surface area contributed by atoms with Crippen LogP contribution >= 0.6 is 23.4 Å². The van der Waals surface area contributed by atoms with Crippen molar-refractivity contribution in [3.8, 4) is 0 Å². The number of halogens is 1. The van der Waals surface area contributed by atoms with E-state index in [0.717, 1.165) is 35.7 Å². The van der Waals surface area contributed by atoms with Crippen LogP contribution < -0.4 is 0 Å². The molecule has 2 unspecified atom stereocenters. The number of nitrogens with zero attached hydrogens (tertiary/aromatic N) is 1. The molecule has 2 aliphatic rings. The highest BCUT2D eigenvalue weighted by Gasteiger charge is 2.36. The summed E-state index contributed by atoms with van der Waals surface area (Å²) in [4.78, 5) is 14.4. The van der Waals surface area contributed by atoms with E-state index in [2.05, 4.69) is 0 Å².